The summed E-state index contributed by atoms with van der Waals surface area (Å²) in [6, 6.07) is 3.53. The summed E-state index contributed by atoms with van der Waals surface area (Å²) in [5.41, 5.74) is 0.0685. The van der Waals surface area contributed by atoms with Crippen molar-refractivity contribution in [3.05, 3.63) is 29.6 Å². The SMILES string of the molecule is COC(=O)C(C)(C)C(OS(C)(=O)=O)c1ccc(CCO[Si](C)(C)C(C)(C)C)cn1. The Balaban J connectivity index is 2.99. The molecule has 0 bridgehead atoms. The lowest BCUT2D eigenvalue weighted by atomic mass is 9.84. The van der Waals surface area contributed by atoms with E-state index in [4.69, 9.17) is 13.3 Å². The van der Waals surface area contributed by atoms with E-state index in [9.17, 15) is 13.2 Å². The van der Waals surface area contributed by atoms with Gasteiger partial charge in [-0.2, -0.15) is 8.42 Å². The summed E-state index contributed by atoms with van der Waals surface area (Å²) in [4.78, 5) is 16.5. The zero-order chi connectivity index (χ0) is 22.7. The first-order chi connectivity index (χ1) is 13.0. The number of nitrogens with zero attached hydrogens (tertiary/aromatic N) is 1. The number of hydrogen-bond acceptors (Lipinski definition) is 7. The molecule has 1 aromatic heterocycles. The molecule has 0 saturated carbocycles. The van der Waals surface area contributed by atoms with Crippen molar-refractivity contribution in [1.29, 1.82) is 0 Å². The van der Waals surface area contributed by atoms with Gasteiger partial charge in [0.2, 0.25) is 0 Å². The lowest BCUT2D eigenvalue weighted by Gasteiger charge is -2.36. The Morgan fingerprint density at radius 2 is 1.76 bits per heavy atom. The van der Waals surface area contributed by atoms with Gasteiger partial charge in [-0.05, 0) is 50.0 Å². The summed E-state index contributed by atoms with van der Waals surface area (Å²) in [5.74, 6) is -0.584. The Morgan fingerprint density at radius 3 is 2.17 bits per heavy atom. The molecule has 0 aromatic carbocycles. The highest BCUT2D eigenvalue weighted by Crippen LogP contribution is 2.38. The summed E-state index contributed by atoms with van der Waals surface area (Å²) < 4.78 is 39.7. The topological polar surface area (TPSA) is 91.8 Å². The maximum absolute atomic E-state index is 12.2. The number of aromatic nitrogens is 1. The minimum Gasteiger partial charge on any atom is -0.469 e. The lowest BCUT2D eigenvalue weighted by Crippen LogP contribution is -2.41. The Bertz CT molecular complexity index is 797. The van der Waals surface area contributed by atoms with Gasteiger partial charge in [0, 0.05) is 12.8 Å². The number of esters is 1. The van der Waals surface area contributed by atoms with Crippen LogP contribution in [0.5, 0.6) is 0 Å². The number of pyridine rings is 1. The molecular weight excluding hydrogens is 410 g/mol. The standard InChI is InChI=1S/C20H35NO6SSi/c1-19(2,3)29(8,9)26-13-12-15-10-11-16(21-14-15)17(27-28(7,23)24)20(4,5)18(22)25-6/h10-11,14,17H,12-13H2,1-9H3. The van der Waals surface area contributed by atoms with Crippen molar-refractivity contribution < 1.29 is 26.6 Å². The Morgan fingerprint density at radius 1 is 1.17 bits per heavy atom. The van der Waals surface area contributed by atoms with E-state index in [1.54, 1.807) is 26.1 Å². The maximum Gasteiger partial charge on any atom is 0.314 e. The molecule has 1 aromatic rings. The predicted octanol–water partition coefficient (Wildman–Crippen LogP) is 3.86. The first-order valence-electron chi connectivity index (χ1n) is 9.57. The van der Waals surface area contributed by atoms with Crippen LogP contribution in [-0.4, -0.2) is 47.7 Å². The highest BCUT2D eigenvalue weighted by Gasteiger charge is 2.43. The van der Waals surface area contributed by atoms with E-state index in [0.717, 1.165) is 11.8 Å². The van der Waals surface area contributed by atoms with Gasteiger partial charge in [0.15, 0.2) is 8.32 Å². The van der Waals surface area contributed by atoms with Gasteiger partial charge in [-0.1, -0.05) is 26.8 Å². The van der Waals surface area contributed by atoms with Crippen LogP contribution in [0.25, 0.3) is 0 Å². The van der Waals surface area contributed by atoms with E-state index in [0.29, 0.717) is 18.7 Å². The summed E-state index contributed by atoms with van der Waals surface area (Å²) in [5, 5.41) is 0.144. The van der Waals surface area contributed by atoms with E-state index in [-0.39, 0.29) is 5.04 Å². The summed E-state index contributed by atoms with van der Waals surface area (Å²) in [7, 11) is -4.38. The molecule has 7 nitrogen and oxygen atoms in total. The minimum absolute atomic E-state index is 0.144. The molecule has 0 spiro atoms. The Labute approximate surface area is 176 Å². The third-order valence-electron chi connectivity index (χ3n) is 5.41. The van der Waals surface area contributed by atoms with Gasteiger partial charge in [-0.3, -0.25) is 14.0 Å². The van der Waals surface area contributed by atoms with Crippen LogP contribution in [0.3, 0.4) is 0 Å². The highest BCUT2D eigenvalue weighted by molar-refractivity contribution is 7.86. The van der Waals surface area contributed by atoms with E-state index in [1.165, 1.54) is 7.11 Å². The largest absolute Gasteiger partial charge is 0.469 e. The number of hydrogen-bond donors (Lipinski definition) is 0. The summed E-state index contributed by atoms with van der Waals surface area (Å²) >= 11 is 0. The molecule has 1 atom stereocenters. The average Bonchev–Trinajstić information content (AvgIpc) is 2.57. The van der Waals surface area contributed by atoms with Crippen LogP contribution in [0.2, 0.25) is 18.1 Å². The van der Waals surface area contributed by atoms with Gasteiger partial charge in [0.25, 0.3) is 10.1 Å². The quantitative estimate of drug-likeness (QED) is 0.324. The van der Waals surface area contributed by atoms with Crippen LogP contribution in [0.4, 0.5) is 0 Å². The highest BCUT2D eigenvalue weighted by atomic mass is 32.2. The molecule has 0 saturated heterocycles. The first kappa shape index (κ1) is 25.7. The number of methoxy groups -OCH3 is 1. The molecule has 166 valence electrons. The fourth-order valence-electron chi connectivity index (χ4n) is 2.46. The second kappa shape index (κ2) is 9.24. The van der Waals surface area contributed by atoms with Crippen molar-refractivity contribution in [3.8, 4) is 0 Å². The normalized spacial score (nSPS) is 14.5. The van der Waals surface area contributed by atoms with Crippen LogP contribution >= 0.6 is 0 Å². The van der Waals surface area contributed by atoms with Crippen molar-refractivity contribution in [2.45, 2.75) is 65.3 Å². The predicted molar refractivity (Wildman–Crippen MR) is 116 cm³/mol. The van der Waals surface area contributed by atoms with Crippen molar-refractivity contribution in [1.82, 2.24) is 4.98 Å². The van der Waals surface area contributed by atoms with Gasteiger partial charge in [0.1, 0.15) is 6.10 Å². The molecule has 1 rings (SSSR count). The lowest BCUT2D eigenvalue weighted by molar-refractivity contribution is -0.156. The van der Waals surface area contributed by atoms with E-state index < -0.39 is 35.9 Å². The fraction of sp³-hybridized carbons (Fsp3) is 0.700. The van der Waals surface area contributed by atoms with Crippen molar-refractivity contribution >= 4 is 24.4 Å². The number of carbonyl (C=O) groups excluding carboxylic acids is 1. The minimum atomic E-state index is -3.81. The van der Waals surface area contributed by atoms with Crippen molar-refractivity contribution in [2.24, 2.45) is 5.41 Å². The molecular formula is C20H35NO6SSi. The molecule has 0 fully saturated rings. The average molecular weight is 446 g/mol. The van der Waals surface area contributed by atoms with Crippen molar-refractivity contribution in [2.75, 3.05) is 20.0 Å². The zero-order valence-corrected chi connectivity index (χ0v) is 20.8. The molecule has 0 aliphatic heterocycles. The van der Waals surface area contributed by atoms with Gasteiger partial charge >= 0.3 is 5.97 Å². The van der Waals surface area contributed by atoms with E-state index >= 15 is 0 Å². The van der Waals surface area contributed by atoms with Crippen LogP contribution < -0.4 is 0 Å². The van der Waals surface area contributed by atoms with E-state index in [1.807, 2.05) is 6.07 Å². The Kier molecular flexibility index (Phi) is 8.20. The summed E-state index contributed by atoms with van der Waals surface area (Å²) in [6.45, 7) is 14.7. The smallest absolute Gasteiger partial charge is 0.314 e. The molecule has 1 heterocycles. The van der Waals surface area contributed by atoms with Crippen LogP contribution in [-0.2, 0) is 34.7 Å². The fourth-order valence-corrected chi connectivity index (χ4v) is 4.20. The molecule has 0 aliphatic carbocycles. The van der Waals surface area contributed by atoms with Gasteiger partial charge in [0.05, 0.1) is 24.5 Å². The van der Waals surface area contributed by atoms with Gasteiger partial charge in [-0.15, -0.1) is 0 Å². The molecule has 1 unspecified atom stereocenters. The number of rotatable bonds is 9. The molecule has 0 amide bonds. The second-order valence-electron chi connectivity index (χ2n) is 9.34. The second-order valence-corrected chi connectivity index (χ2v) is 15.8. The van der Waals surface area contributed by atoms with Crippen LogP contribution in [0.15, 0.2) is 18.3 Å². The number of carbonyl (C=O) groups is 1. The third kappa shape index (κ3) is 7.16. The van der Waals surface area contributed by atoms with Crippen molar-refractivity contribution in [3.63, 3.8) is 0 Å². The van der Waals surface area contributed by atoms with Gasteiger partial charge in [-0.25, -0.2) is 0 Å². The zero-order valence-electron chi connectivity index (χ0n) is 19.0. The molecule has 0 N–H and O–H groups in total. The van der Waals surface area contributed by atoms with Crippen LogP contribution in [0, 0.1) is 5.41 Å². The molecule has 29 heavy (non-hydrogen) atoms. The maximum atomic E-state index is 12.2. The molecule has 9 heteroatoms. The molecule has 0 aliphatic rings. The first-order valence-corrected chi connectivity index (χ1v) is 14.3. The van der Waals surface area contributed by atoms with Gasteiger partial charge < -0.3 is 9.16 Å². The number of ether oxygens (including phenoxy) is 1. The van der Waals surface area contributed by atoms with Crippen LogP contribution in [0.1, 0.15) is 52.0 Å². The summed E-state index contributed by atoms with van der Waals surface area (Å²) in [6.07, 6.45) is 2.20. The Hall–Kier alpha value is -1.29. The third-order valence-corrected chi connectivity index (χ3v) is 10.5. The van der Waals surface area contributed by atoms with E-state index in [2.05, 4.69) is 38.8 Å². The monoisotopic (exact) mass is 445 g/mol. The molecule has 0 radical (unpaired) electrons.